The maximum atomic E-state index is 13.4. The van der Waals surface area contributed by atoms with E-state index in [2.05, 4.69) is 68.6 Å². The number of nitrogens with zero attached hydrogens (tertiary/aromatic N) is 5. The van der Waals surface area contributed by atoms with Gasteiger partial charge in [0.15, 0.2) is 16.2 Å². The molecule has 6 rings (SSSR count). The number of fused-ring (bicyclic) bond motifs is 2. The number of aromatic nitrogens is 2. The van der Waals surface area contributed by atoms with E-state index in [-0.39, 0.29) is 80.3 Å². The summed E-state index contributed by atoms with van der Waals surface area (Å²) in [7, 11) is -19.3. The molecule has 33 nitrogen and oxygen atoms in total. The Bertz CT molecular complexity index is 3740. The zero-order valence-corrected chi connectivity index (χ0v) is 48.5. The Labute approximate surface area is 482 Å². The number of phosphoric acid groups is 3. The number of carbonyl (C=O) groups excluding carboxylic acids is 2. The smallest absolute Gasteiger partial charge is 0.478 e. The van der Waals surface area contributed by atoms with Crippen LogP contribution in [0.5, 0.6) is 0 Å². The van der Waals surface area contributed by atoms with Crippen LogP contribution in [-0.4, -0.2) is 129 Å². The SMILES string of the molecule is [N-]=[N+]=NCOC1C[C@H](n2cc(C#CCNC(=O)NCCCCCOCSSCCNC(=O)c3ccc(C(=O)O)c(-c4c5ccc(=N)c(S(=O)(=O)O)c-5oc5c(S)c(N)ccc45)c3)c(N)nc2=O)O[C@@H]1COP(=O)(O)OP(=O)(O)OP(=O)(O)O. The van der Waals surface area contributed by atoms with Gasteiger partial charge >= 0.3 is 41.2 Å². The summed E-state index contributed by atoms with van der Waals surface area (Å²) in [6.45, 7) is -0.724. The van der Waals surface area contributed by atoms with Gasteiger partial charge < -0.3 is 70.7 Å². The largest absolute Gasteiger partial charge is 0.490 e. The second-order valence-electron chi connectivity index (χ2n) is 17.0. The fourth-order valence-corrected chi connectivity index (χ4v) is 13.3. The van der Waals surface area contributed by atoms with Gasteiger partial charge in [-0.1, -0.05) is 38.5 Å². The molecule has 3 amide bonds. The molecule has 0 bridgehead atoms. The van der Waals surface area contributed by atoms with Crippen molar-refractivity contribution in [3.63, 3.8) is 0 Å². The van der Waals surface area contributed by atoms with Gasteiger partial charge in [-0.3, -0.25) is 23.8 Å². The standard InChI is InChI=1S/C43H50N11O22P3S4/c44-29-10-8-26-34(27-9-11-30(45)38(83(67,68)69)36(27)74-35(26)37(29)80)28-17-23(6-7-25(28)41(56)57)40(55)48-14-16-81-82-22-70-15-3-1-2-12-49-42(58)50-13-4-5-24-19-54(43(59)52-39(24)46)33-18-31(71-21-51-53-47)32(73-33)20-72-78(63,64)76-79(65,66)75-77(60,61)62/h6-11,17,19,31-33,45,80H,1-3,12-16,18,20-22,44H2,(H,48,55)(H,56,57)(H,63,64)(H,65,66)(H2,46,52,59)(H2,49,50,58)(H2,60,61,62)(H,67,68,69)/t31?,32-,33-/m1/s1. The third-order valence-electron chi connectivity index (χ3n) is 11.3. The van der Waals surface area contributed by atoms with E-state index in [9.17, 15) is 60.7 Å². The van der Waals surface area contributed by atoms with Crippen molar-refractivity contribution in [2.45, 2.75) is 53.9 Å². The van der Waals surface area contributed by atoms with E-state index in [4.69, 9.17) is 50.8 Å². The van der Waals surface area contributed by atoms with Gasteiger partial charge in [-0.05, 0) is 72.8 Å². The average Bonchev–Trinajstić information content (AvgIpc) is 2.06. The van der Waals surface area contributed by atoms with Crippen LogP contribution in [0.25, 0.3) is 43.9 Å². The number of nitrogen functional groups attached to an aromatic ring is 2. The topological polar surface area (TPSA) is 522 Å². The molecule has 3 aromatic rings. The molecular weight excluding hydrogens is 1240 g/mol. The first kappa shape index (κ1) is 66.1. The predicted octanol–water partition coefficient (Wildman–Crippen LogP) is 4.53. The number of amides is 3. The van der Waals surface area contributed by atoms with Gasteiger partial charge in [0.1, 0.15) is 30.8 Å². The molecule has 40 heteroatoms. The minimum atomic E-state index is -5.83. The zero-order chi connectivity index (χ0) is 60.9. The highest BCUT2D eigenvalue weighted by Gasteiger charge is 2.44. The number of thiol groups is 1. The summed E-state index contributed by atoms with van der Waals surface area (Å²) in [4.78, 5) is 93.4. The summed E-state index contributed by atoms with van der Waals surface area (Å²) in [5.41, 5.74) is 19.7. The first-order valence-electron chi connectivity index (χ1n) is 23.6. The lowest BCUT2D eigenvalue weighted by Crippen LogP contribution is -2.36. The summed E-state index contributed by atoms with van der Waals surface area (Å²) in [5, 5.41) is 29.3. The molecule has 83 heavy (non-hydrogen) atoms. The number of hydrogen-bond acceptors (Lipinski definition) is 24. The van der Waals surface area contributed by atoms with E-state index in [1.807, 2.05) is 0 Å². The van der Waals surface area contributed by atoms with Crippen LogP contribution in [0.4, 0.5) is 16.3 Å². The lowest BCUT2D eigenvalue weighted by atomic mass is 9.89. The molecule has 14 N–H and O–H groups in total. The number of carboxylic acid groups (broad SMARTS) is 1. The normalized spacial score (nSPS) is 16.7. The van der Waals surface area contributed by atoms with Crippen molar-refractivity contribution >= 4 is 108 Å². The Hall–Kier alpha value is -6.06. The number of carbonyl (C=O) groups is 3. The van der Waals surface area contributed by atoms with Crippen LogP contribution in [0.2, 0.25) is 0 Å². The van der Waals surface area contributed by atoms with Crippen molar-refractivity contribution < 1.29 is 97.5 Å². The van der Waals surface area contributed by atoms with Crippen molar-refractivity contribution in [1.82, 2.24) is 25.5 Å². The quantitative estimate of drug-likeness (QED) is 0.00266. The molecule has 448 valence electrons. The molecule has 1 aromatic heterocycles. The minimum absolute atomic E-state index is 0.00460. The van der Waals surface area contributed by atoms with Crippen LogP contribution < -0.4 is 38.5 Å². The summed E-state index contributed by atoms with van der Waals surface area (Å²) >= 11 is 4.43. The number of anilines is 2. The van der Waals surface area contributed by atoms with Crippen LogP contribution in [0.3, 0.4) is 0 Å². The number of azide groups is 1. The number of nitrogens with one attached hydrogen (secondary N) is 4. The summed E-state index contributed by atoms with van der Waals surface area (Å²) in [5.74, 6) is 3.51. The number of unbranched alkanes of at least 4 members (excludes halogenated alkanes) is 2. The van der Waals surface area contributed by atoms with E-state index < -0.39 is 105 Å². The monoisotopic (exact) mass is 1290 g/mol. The van der Waals surface area contributed by atoms with Crippen LogP contribution >= 0.6 is 57.7 Å². The number of ether oxygens (including phenoxy) is 3. The van der Waals surface area contributed by atoms with Crippen LogP contribution in [0.1, 0.15) is 58.2 Å². The number of hydrogen-bond donors (Lipinski definition) is 13. The van der Waals surface area contributed by atoms with E-state index in [0.717, 1.165) is 17.1 Å². The molecule has 3 unspecified atom stereocenters. The van der Waals surface area contributed by atoms with Gasteiger partial charge in [0.25, 0.3) is 16.0 Å². The molecule has 0 spiro atoms. The molecule has 1 fully saturated rings. The Kier molecular flexibility index (Phi) is 23.2. The molecule has 3 aliphatic rings. The highest BCUT2D eigenvalue weighted by molar-refractivity contribution is 8.76. The maximum Gasteiger partial charge on any atom is 0.490 e. The van der Waals surface area contributed by atoms with E-state index in [0.29, 0.717) is 37.7 Å². The molecule has 0 saturated carbocycles. The number of urea groups is 1. The van der Waals surface area contributed by atoms with Crippen molar-refractivity contribution in [3.8, 4) is 34.3 Å². The van der Waals surface area contributed by atoms with Crippen LogP contribution in [0, 0.1) is 17.3 Å². The molecule has 1 aliphatic carbocycles. The van der Waals surface area contributed by atoms with Gasteiger partial charge in [0, 0.05) is 70.7 Å². The summed E-state index contributed by atoms with van der Waals surface area (Å²) in [6.07, 6.45) is -0.759. The van der Waals surface area contributed by atoms with Gasteiger partial charge in [0.2, 0.25) is 0 Å². The highest BCUT2D eigenvalue weighted by Crippen LogP contribution is 2.66. The van der Waals surface area contributed by atoms with Gasteiger partial charge in [0.05, 0.1) is 40.6 Å². The fourth-order valence-electron chi connectivity index (χ4n) is 7.75. The molecular formula is C43H50N11O22P3S4. The molecule has 1 saturated heterocycles. The minimum Gasteiger partial charge on any atom is -0.478 e. The molecule has 5 atom stereocenters. The van der Waals surface area contributed by atoms with E-state index in [1.165, 1.54) is 64.2 Å². The Morgan fingerprint density at radius 2 is 1.76 bits per heavy atom. The summed E-state index contributed by atoms with van der Waals surface area (Å²) in [6, 6.07) is 8.81. The number of aromatic carboxylic acids is 1. The number of nitrogens with two attached hydrogens (primary N) is 2. The third kappa shape index (κ3) is 18.7. The van der Waals surface area contributed by atoms with Crippen LogP contribution in [-0.2, 0) is 51.2 Å². The zero-order valence-electron chi connectivity index (χ0n) is 42.5. The Morgan fingerprint density at radius 3 is 2.47 bits per heavy atom. The van der Waals surface area contributed by atoms with Crippen LogP contribution in [0.15, 0.2) is 72.8 Å². The number of benzene rings is 3. The Morgan fingerprint density at radius 1 is 1.00 bits per heavy atom. The average molecular weight is 1290 g/mol. The van der Waals surface area contributed by atoms with Gasteiger partial charge in [-0.2, -0.15) is 22.0 Å². The molecule has 3 heterocycles. The molecule has 0 radical (unpaired) electrons. The van der Waals surface area contributed by atoms with E-state index in [1.54, 1.807) is 0 Å². The van der Waals surface area contributed by atoms with E-state index >= 15 is 0 Å². The highest BCUT2D eigenvalue weighted by atomic mass is 33.1. The molecule has 2 aliphatic heterocycles. The van der Waals surface area contributed by atoms with Crippen molar-refractivity contribution in [2.24, 2.45) is 5.11 Å². The first-order chi connectivity index (χ1) is 39.1. The fraction of sp³-hybridized carbons (Fsp3) is 0.349. The van der Waals surface area contributed by atoms with Gasteiger partial charge in [-0.25, -0.2) is 28.1 Å². The second kappa shape index (κ2) is 29.2. The lowest BCUT2D eigenvalue weighted by Gasteiger charge is -2.21. The second-order valence-corrected chi connectivity index (χ2v) is 25.7. The number of carboxylic acids is 1. The Balaban J connectivity index is 0.894. The predicted molar refractivity (Wildman–Crippen MR) is 298 cm³/mol. The lowest BCUT2D eigenvalue weighted by molar-refractivity contribution is -0.0601. The molecule has 2 aromatic carbocycles. The summed E-state index contributed by atoms with van der Waals surface area (Å²) < 4.78 is 106. The maximum absolute atomic E-state index is 13.4. The van der Waals surface area contributed by atoms with Crippen molar-refractivity contribution in [2.75, 3.05) is 62.7 Å². The number of rotatable bonds is 28. The first-order valence-corrected chi connectivity index (χ1v) is 32.5. The number of phosphoric ester groups is 1. The van der Waals surface area contributed by atoms with Crippen molar-refractivity contribution in [1.29, 1.82) is 5.41 Å². The van der Waals surface area contributed by atoms with Crippen molar-refractivity contribution in [3.05, 3.63) is 91.6 Å². The van der Waals surface area contributed by atoms with Gasteiger partial charge in [-0.15, -0.1) is 12.6 Å². The third-order valence-corrected chi connectivity index (χ3v) is 18.5.